The lowest BCUT2D eigenvalue weighted by molar-refractivity contribution is 0.00398. The summed E-state index contributed by atoms with van der Waals surface area (Å²) in [5, 5.41) is 9.12. The Bertz CT molecular complexity index is 381. The lowest BCUT2D eigenvalue weighted by atomic mass is 9.84. The highest BCUT2D eigenvalue weighted by molar-refractivity contribution is 5.68. The summed E-state index contributed by atoms with van der Waals surface area (Å²) in [5.41, 5.74) is -0.429. The Kier molecular flexibility index (Phi) is 6.72. The number of piperidine rings is 2. The number of nitrogens with zero attached hydrogens (tertiary/aromatic N) is 2. The minimum atomic E-state index is -0.429. The Morgan fingerprint density at radius 3 is 2.65 bits per heavy atom. The van der Waals surface area contributed by atoms with E-state index in [2.05, 4.69) is 4.90 Å². The van der Waals surface area contributed by atoms with E-state index < -0.39 is 5.60 Å². The molecule has 0 bridgehead atoms. The first-order valence-corrected chi connectivity index (χ1v) is 9.23. The maximum Gasteiger partial charge on any atom is 0.410 e. The van der Waals surface area contributed by atoms with Gasteiger partial charge in [0.1, 0.15) is 5.60 Å². The van der Waals surface area contributed by atoms with Crippen LogP contribution < -0.4 is 0 Å². The molecule has 0 aromatic carbocycles. The van der Waals surface area contributed by atoms with Gasteiger partial charge in [-0.15, -0.1) is 0 Å². The molecule has 1 N–H and O–H groups in total. The van der Waals surface area contributed by atoms with Gasteiger partial charge in [-0.05, 0) is 65.3 Å². The largest absolute Gasteiger partial charge is 0.444 e. The fraction of sp³-hybridized carbons (Fsp3) is 0.944. The number of carbonyl (C=O) groups is 1. The van der Waals surface area contributed by atoms with Gasteiger partial charge in [-0.25, -0.2) is 4.79 Å². The molecule has 0 aromatic heterocycles. The standard InChI is InChI=1S/C18H34N2O3/c1-18(2,3)23-17(22)20-11-6-8-15(14-20)16-9-4-5-10-19(16)12-7-13-21/h15-16,21H,4-14H2,1-3H3/t15-,16+/m1/s1. The quantitative estimate of drug-likeness (QED) is 0.863. The molecule has 5 nitrogen and oxygen atoms in total. The van der Waals surface area contributed by atoms with E-state index in [9.17, 15) is 4.79 Å². The zero-order chi connectivity index (χ0) is 16.9. The van der Waals surface area contributed by atoms with E-state index in [0.29, 0.717) is 12.0 Å². The number of rotatable bonds is 4. The van der Waals surface area contributed by atoms with Gasteiger partial charge in [-0.3, -0.25) is 4.90 Å². The zero-order valence-corrected chi connectivity index (χ0v) is 15.1. The topological polar surface area (TPSA) is 53.0 Å². The molecule has 1 amide bonds. The van der Waals surface area contributed by atoms with Gasteiger partial charge in [-0.2, -0.15) is 0 Å². The Labute approximate surface area is 141 Å². The van der Waals surface area contributed by atoms with Crippen LogP contribution in [-0.4, -0.2) is 65.4 Å². The average molecular weight is 326 g/mol. The van der Waals surface area contributed by atoms with Crippen LogP contribution in [0.15, 0.2) is 0 Å². The average Bonchev–Trinajstić information content (AvgIpc) is 2.52. The third kappa shape index (κ3) is 5.64. The number of hydrogen-bond acceptors (Lipinski definition) is 4. The molecule has 2 aliphatic rings. The van der Waals surface area contributed by atoms with Crippen molar-refractivity contribution in [1.29, 1.82) is 0 Å². The Hall–Kier alpha value is -0.810. The molecule has 2 atom stereocenters. The summed E-state index contributed by atoms with van der Waals surface area (Å²) in [5.74, 6) is 0.537. The van der Waals surface area contributed by atoms with Gasteiger partial charge in [-0.1, -0.05) is 6.42 Å². The molecule has 0 spiro atoms. The van der Waals surface area contributed by atoms with Crippen molar-refractivity contribution in [3.8, 4) is 0 Å². The van der Waals surface area contributed by atoms with Crippen molar-refractivity contribution in [2.45, 2.75) is 70.9 Å². The summed E-state index contributed by atoms with van der Waals surface area (Å²) in [6, 6.07) is 0.556. The molecule has 0 radical (unpaired) electrons. The highest BCUT2D eigenvalue weighted by Gasteiger charge is 2.35. The highest BCUT2D eigenvalue weighted by Crippen LogP contribution is 2.30. The fourth-order valence-corrected chi connectivity index (χ4v) is 3.92. The lowest BCUT2D eigenvalue weighted by Gasteiger charge is -2.44. The summed E-state index contributed by atoms with van der Waals surface area (Å²) in [6.45, 7) is 9.76. The Morgan fingerprint density at radius 2 is 1.96 bits per heavy atom. The predicted octanol–water partition coefficient (Wildman–Crippen LogP) is 2.87. The van der Waals surface area contributed by atoms with Crippen LogP contribution in [0.1, 0.15) is 59.3 Å². The Morgan fingerprint density at radius 1 is 1.17 bits per heavy atom. The molecular formula is C18H34N2O3. The molecule has 134 valence electrons. The molecule has 2 rings (SSSR count). The normalized spacial score (nSPS) is 27.0. The van der Waals surface area contributed by atoms with Gasteiger partial charge < -0.3 is 14.7 Å². The predicted molar refractivity (Wildman–Crippen MR) is 91.4 cm³/mol. The number of likely N-dealkylation sites (tertiary alicyclic amines) is 2. The van der Waals surface area contributed by atoms with Crippen LogP contribution in [-0.2, 0) is 4.74 Å². The van der Waals surface area contributed by atoms with Crippen molar-refractivity contribution >= 4 is 6.09 Å². The van der Waals surface area contributed by atoms with Crippen molar-refractivity contribution in [3.05, 3.63) is 0 Å². The second kappa shape index (κ2) is 8.34. The van der Waals surface area contributed by atoms with Crippen LogP contribution in [0.25, 0.3) is 0 Å². The minimum Gasteiger partial charge on any atom is -0.444 e. The first-order valence-electron chi connectivity index (χ1n) is 9.23. The molecule has 2 saturated heterocycles. The first kappa shape index (κ1) is 18.5. The van der Waals surface area contributed by atoms with Gasteiger partial charge in [0.2, 0.25) is 0 Å². The van der Waals surface area contributed by atoms with Crippen molar-refractivity contribution in [2.24, 2.45) is 5.92 Å². The third-order valence-corrected chi connectivity index (χ3v) is 4.92. The van der Waals surface area contributed by atoms with Crippen molar-refractivity contribution in [2.75, 3.05) is 32.8 Å². The van der Waals surface area contributed by atoms with E-state index in [4.69, 9.17) is 9.84 Å². The smallest absolute Gasteiger partial charge is 0.410 e. The second-order valence-electron chi connectivity index (χ2n) is 8.00. The van der Waals surface area contributed by atoms with Crippen molar-refractivity contribution in [1.82, 2.24) is 9.80 Å². The molecule has 5 heteroatoms. The van der Waals surface area contributed by atoms with Crippen molar-refractivity contribution in [3.63, 3.8) is 0 Å². The van der Waals surface area contributed by atoms with Gasteiger partial charge in [0.25, 0.3) is 0 Å². The van der Waals surface area contributed by atoms with Crippen LogP contribution in [0, 0.1) is 5.92 Å². The van der Waals surface area contributed by atoms with Crippen LogP contribution in [0.4, 0.5) is 4.79 Å². The summed E-state index contributed by atoms with van der Waals surface area (Å²) in [6.07, 6.45) is 6.69. The van der Waals surface area contributed by atoms with Crippen LogP contribution in [0.3, 0.4) is 0 Å². The maximum absolute atomic E-state index is 12.4. The first-order chi connectivity index (χ1) is 10.9. The third-order valence-electron chi connectivity index (χ3n) is 4.92. The number of aliphatic hydroxyl groups excluding tert-OH is 1. The maximum atomic E-state index is 12.4. The SMILES string of the molecule is CC(C)(C)OC(=O)N1CCC[C@@H]([C@@H]2CCCCN2CCCO)C1. The molecule has 23 heavy (non-hydrogen) atoms. The van der Waals surface area contributed by atoms with Crippen molar-refractivity contribution < 1.29 is 14.6 Å². The molecule has 0 aromatic rings. The Balaban J connectivity index is 1.94. The zero-order valence-electron chi connectivity index (χ0n) is 15.1. The molecule has 2 heterocycles. The van der Waals surface area contributed by atoms with Crippen LogP contribution >= 0.6 is 0 Å². The van der Waals surface area contributed by atoms with Crippen LogP contribution in [0.2, 0.25) is 0 Å². The van der Waals surface area contributed by atoms with E-state index >= 15 is 0 Å². The van der Waals surface area contributed by atoms with E-state index in [1.165, 1.54) is 25.7 Å². The van der Waals surface area contributed by atoms with Crippen LogP contribution in [0.5, 0.6) is 0 Å². The van der Waals surface area contributed by atoms with Gasteiger partial charge in [0, 0.05) is 32.3 Å². The van der Waals surface area contributed by atoms with E-state index in [1.54, 1.807) is 0 Å². The molecular weight excluding hydrogens is 292 g/mol. The molecule has 0 aliphatic carbocycles. The molecule has 2 aliphatic heterocycles. The summed E-state index contributed by atoms with van der Waals surface area (Å²) in [7, 11) is 0. The summed E-state index contributed by atoms with van der Waals surface area (Å²) < 4.78 is 5.54. The number of amides is 1. The lowest BCUT2D eigenvalue weighted by Crippen LogP contribution is -2.51. The number of carbonyl (C=O) groups excluding carboxylic acids is 1. The van der Waals surface area contributed by atoms with Gasteiger partial charge in [0.15, 0.2) is 0 Å². The summed E-state index contributed by atoms with van der Waals surface area (Å²) >= 11 is 0. The second-order valence-corrected chi connectivity index (χ2v) is 8.00. The monoisotopic (exact) mass is 326 g/mol. The van der Waals surface area contributed by atoms with E-state index in [0.717, 1.165) is 39.0 Å². The molecule has 0 unspecified atom stereocenters. The van der Waals surface area contributed by atoms with Gasteiger partial charge in [0.05, 0.1) is 0 Å². The molecule has 2 fully saturated rings. The van der Waals surface area contributed by atoms with E-state index in [-0.39, 0.29) is 12.7 Å². The number of ether oxygens (including phenoxy) is 1. The minimum absolute atomic E-state index is 0.167. The van der Waals surface area contributed by atoms with E-state index in [1.807, 2.05) is 25.7 Å². The number of aliphatic hydroxyl groups is 1. The highest BCUT2D eigenvalue weighted by atomic mass is 16.6. The van der Waals surface area contributed by atoms with Gasteiger partial charge >= 0.3 is 6.09 Å². The fourth-order valence-electron chi connectivity index (χ4n) is 3.92. The molecule has 0 saturated carbocycles. The summed E-state index contributed by atoms with van der Waals surface area (Å²) in [4.78, 5) is 16.8. The number of hydrogen-bond donors (Lipinski definition) is 1.